The Morgan fingerprint density at radius 2 is 1.74 bits per heavy atom. The van der Waals surface area contributed by atoms with E-state index in [9.17, 15) is 28.9 Å². The number of hydrogen-bond acceptors (Lipinski definition) is 5. The predicted molar refractivity (Wildman–Crippen MR) is 111 cm³/mol. The van der Waals surface area contributed by atoms with E-state index in [0.717, 1.165) is 17.0 Å². The second-order valence-electron chi connectivity index (χ2n) is 7.91. The van der Waals surface area contributed by atoms with Crippen molar-refractivity contribution in [1.82, 2.24) is 4.90 Å². The van der Waals surface area contributed by atoms with Gasteiger partial charge in [-0.1, -0.05) is 6.92 Å². The third kappa shape index (κ3) is 4.16. The van der Waals surface area contributed by atoms with E-state index in [0.29, 0.717) is 6.42 Å². The van der Waals surface area contributed by atoms with Gasteiger partial charge in [0.05, 0.1) is 17.0 Å². The zero-order chi connectivity index (χ0) is 22.9. The molecule has 1 atom stereocenters. The first-order chi connectivity index (χ1) is 14.6. The number of halogens is 1. The Morgan fingerprint density at radius 3 is 2.26 bits per heavy atom. The monoisotopic (exact) mass is 427 g/mol. The van der Waals surface area contributed by atoms with Crippen molar-refractivity contribution >= 4 is 29.1 Å². The van der Waals surface area contributed by atoms with Crippen LogP contribution >= 0.6 is 0 Å². The molecule has 1 aliphatic heterocycles. The van der Waals surface area contributed by atoms with Crippen molar-refractivity contribution in [3.05, 3.63) is 70.0 Å². The molecule has 0 aliphatic carbocycles. The van der Waals surface area contributed by atoms with E-state index in [1.807, 2.05) is 6.92 Å². The third-order valence-electron chi connectivity index (χ3n) is 5.58. The SMILES string of the molecule is CCC(C)(C)N(C(=O)c1ccc([N+](=O)[O-])cc1)C1CC(=O)N(c2ccc(F)cc2)C1=O. The highest BCUT2D eigenvalue weighted by Crippen LogP contribution is 2.32. The molecule has 3 amide bonds. The van der Waals surface area contributed by atoms with Gasteiger partial charge in [-0.05, 0) is 56.7 Å². The second-order valence-corrected chi connectivity index (χ2v) is 7.91. The molecular formula is C22H22FN3O5. The highest BCUT2D eigenvalue weighted by atomic mass is 19.1. The Kier molecular flexibility index (Phi) is 5.88. The number of carbonyl (C=O) groups excluding carboxylic acids is 3. The highest BCUT2D eigenvalue weighted by Gasteiger charge is 2.48. The minimum atomic E-state index is -1.05. The van der Waals surface area contributed by atoms with Gasteiger partial charge in [0.2, 0.25) is 5.91 Å². The van der Waals surface area contributed by atoms with E-state index in [1.165, 1.54) is 41.3 Å². The topological polar surface area (TPSA) is 101 Å². The predicted octanol–water partition coefficient (Wildman–Crippen LogP) is 3.70. The van der Waals surface area contributed by atoms with Crippen LogP contribution in [0.15, 0.2) is 48.5 Å². The van der Waals surface area contributed by atoms with Gasteiger partial charge in [0.15, 0.2) is 0 Å². The van der Waals surface area contributed by atoms with Gasteiger partial charge < -0.3 is 4.90 Å². The number of rotatable bonds is 6. The van der Waals surface area contributed by atoms with Crippen molar-refractivity contribution in [3.63, 3.8) is 0 Å². The van der Waals surface area contributed by atoms with Crippen molar-refractivity contribution < 1.29 is 23.7 Å². The van der Waals surface area contributed by atoms with E-state index in [-0.39, 0.29) is 23.4 Å². The quantitative estimate of drug-likeness (QED) is 0.398. The number of non-ortho nitro benzene ring substituents is 1. The molecule has 9 heteroatoms. The summed E-state index contributed by atoms with van der Waals surface area (Å²) in [5, 5.41) is 10.9. The lowest BCUT2D eigenvalue weighted by molar-refractivity contribution is -0.384. The molecule has 1 heterocycles. The van der Waals surface area contributed by atoms with E-state index in [2.05, 4.69) is 0 Å². The third-order valence-corrected chi connectivity index (χ3v) is 5.58. The summed E-state index contributed by atoms with van der Waals surface area (Å²) in [6.45, 7) is 5.43. The Hall–Kier alpha value is -3.62. The summed E-state index contributed by atoms with van der Waals surface area (Å²) in [7, 11) is 0. The highest BCUT2D eigenvalue weighted by molar-refractivity contribution is 6.23. The summed E-state index contributed by atoms with van der Waals surface area (Å²) >= 11 is 0. The Bertz CT molecular complexity index is 1030. The van der Waals surface area contributed by atoms with Gasteiger partial charge in [-0.25, -0.2) is 9.29 Å². The molecule has 0 bridgehead atoms. The molecule has 162 valence electrons. The largest absolute Gasteiger partial charge is 0.321 e. The van der Waals surface area contributed by atoms with E-state index in [4.69, 9.17) is 0 Å². The number of imide groups is 1. The lowest BCUT2D eigenvalue weighted by Gasteiger charge is -2.41. The molecule has 2 aromatic carbocycles. The van der Waals surface area contributed by atoms with E-state index in [1.54, 1.807) is 13.8 Å². The molecule has 1 unspecified atom stereocenters. The van der Waals surface area contributed by atoms with Crippen molar-refractivity contribution in [2.45, 2.75) is 45.2 Å². The van der Waals surface area contributed by atoms with Crippen LogP contribution in [0.4, 0.5) is 15.8 Å². The number of carbonyl (C=O) groups is 3. The average molecular weight is 427 g/mol. The maximum absolute atomic E-state index is 13.4. The van der Waals surface area contributed by atoms with Gasteiger partial charge in [0.25, 0.3) is 17.5 Å². The van der Waals surface area contributed by atoms with Crippen LogP contribution in [0.5, 0.6) is 0 Å². The molecule has 0 aromatic heterocycles. The van der Waals surface area contributed by atoms with Crippen LogP contribution in [0.1, 0.15) is 44.0 Å². The lowest BCUT2D eigenvalue weighted by atomic mass is 9.94. The van der Waals surface area contributed by atoms with Crippen LogP contribution in [0.25, 0.3) is 0 Å². The van der Waals surface area contributed by atoms with Crippen LogP contribution in [-0.2, 0) is 9.59 Å². The first-order valence-electron chi connectivity index (χ1n) is 9.77. The molecule has 0 saturated carbocycles. The molecule has 31 heavy (non-hydrogen) atoms. The number of nitro benzene ring substituents is 1. The Balaban J connectivity index is 1.98. The van der Waals surface area contributed by atoms with Gasteiger partial charge in [0.1, 0.15) is 11.9 Å². The molecule has 3 rings (SSSR count). The average Bonchev–Trinajstić information content (AvgIpc) is 3.02. The molecule has 1 aliphatic rings. The zero-order valence-corrected chi connectivity index (χ0v) is 17.4. The number of nitrogens with zero attached hydrogens (tertiary/aromatic N) is 3. The molecule has 1 saturated heterocycles. The minimum Gasteiger partial charge on any atom is -0.321 e. The summed E-state index contributed by atoms with van der Waals surface area (Å²) in [4.78, 5) is 51.9. The van der Waals surface area contributed by atoms with Crippen LogP contribution in [0.2, 0.25) is 0 Å². The summed E-state index contributed by atoms with van der Waals surface area (Å²) in [6.07, 6.45) is 0.290. The van der Waals surface area contributed by atoms with E-state index < -0.39 is 40.0 Å². The van der Waals surface area contributed by atoms with Crippen molar-refractivity contribution in [2.75, 3.05) is 4.90 Å². The summed E-state index contributed by atoms with van der Waals surface area (Å²) in [6, 6.07) is 9.03. The van der Waals surface area contributed by atoms with Gasteiger partial charge >= 0.3 is 0 Å². The fraction of sp³-hybridized carbons (Fsp3) is 0.318. The summed E-state index contributed by atoms with van der Waals surface area (Å²) in [5.41, 5.74) is -0.533. The first-order valence-corrected chi connectivity index (χ1v) is 9.77. The summed E-state index contributed by atoms with van der Waals surface area (Å²) < 4.78 is 13.3. The van der Waals surface area contributed by atoms with Crippen LogP contribution in [0.3, 0.4) is 0 Å². The Morgan fingerprint density at radius 1 is 1.16 bits per heavy atom. The van der Waals surface area contributed by atoms with E-state index >= 15 is 0 Å². The zero-order valence-electron chi connectivity index (χ0n) is 17.4. The second kappa shape index (κ2) is 8.25. The lowest BCUT2D eigenvalue weighted by Crippen LogP contribution is -2.55. The minimum absolute atomic E-state index is 0.160. The van der Waals surface area contributed by atoms with Crippen molar-refractivity contribution in [2.24, 2.45) is 0 Å². The number of amides is 3. The number of hydrogen-bond donors (Lipinski definition) is 0. The summed E-state index contributed by atoms with van der Waals surface area (Å²) in [5.74, 6) is -2.07. The van der Waals surface area contributed by atoms with Crippen LogP contribution in [0, 0.1) is 15.9 Å². The number of nitro groups is 1. The molecule has 0 N–H and O–H groups in total. The number of benzene rings is 2. The maximum Gasteiger partial charge on any atom is 0.269 e. The van der Waals surface area contributed by atoms with Gasteiger partial charge in [0, 0.05) is 23.2 Å². The molecule has 8 nitrogen and oxygen atoms in total. The molecule has 2 aromatic rings. The van der Waals surface area contributed by atoms with Gasteiger partial charge in [-0.15, -0.1) is 0 Å². The fourth-order valence-corrected chi connectivity index (χ4v) is 3.55. The molecule has 0 spiro atoms. The molecule has 1 fully saturated rings. The maximum atomic E-state index is 13.4. The van der Waals surface area contributed by atoms with Crippen molar-refractivity contribution in [3.8, 4) is 0 Å². The number of anilines is 1. The van der Waals surface area contributed by atoms with Crippen LogP contribution < -0.4 is 4.90 Å². The normalized spacial score (nSPS) is 16.5. The van der Waals surface area contributed by atoms with Crippen molar-refractivity contribution in [1.29, 1.82) is 0 Å². The molecular weight excluding hydrogens is 405 g/mol. The van der Waals surface area contributed by atoms with Gasteiger partial charge in [-0.3, -0.25) is 24.5 Å². The van der Waals surface area contributed by atoms with Crippen LogP contribution in [-0.4, -0.2) is 39.1 Å². The first kappa shape index (κ1) is 22.1. The fourth-order valence-electron chi connectivity index (χ4n) is 3.55. The Labute approximate surface area is 178 Å². The standard InChI is InChI=1S/C22H22FN3O5/c1-4-22(2,3)25(20(28)14-5-9-17(10-6-14)26(30)31)18-13-19(27)24(21(18)29)16-11-7-15(23)8-12-16/h5-12,18H,4,13H2,1-3H3. The smallest absolute Gasteiger partial charge is 0.269 e. The van der Waals surface area contributed by atoms with Gasteiger partial charge in [-0.2, -0.15) is 0 Å². The molecule has 0 radical (unpaired) electrons.